The van der Waals surface area contributed by atoms with Crippen molar-refractivity contribution in [2.75, 3.05) is 72.7 Å². The van der Waals surface area contributed by atoms with Gasteiger partial charge in [-0.05, 0) is 13.8 Å². The van der Waals surface area contributed by atoms with Crippen molar-refractivity contribution < 1.29 is 238 Å². The smallest absolute Gasteiger partial charge is 0.364 e. The molecule has 9 heterocycles. The van der Waals surface area contributed by atoms with E-state index >= 15 is 0 Å². The Labute approximate surface area is 673 Å². The van der Waals surface area contributed by atoms with Gasteiger partial charge in [-0.2, -0.15) is 0 Å². The third-order valence-electron chi connectivity index (χ3n) is 23.4. The number of hydrogen-bond acceptors (Lipinski definition) is 48. The molecule has 49 nitrogen and oxygen atoms in total. The monoisotopic (exact) mass is 1730 g/mol. The van der Waals surface area contributed by atoms with Gasteiger partial charge in [0.25, 0.3) is 5.79 Å². The highest BCUT2D eigenvalue weighted by Crippen LogP contribution is 2.43. The SMILES string of the molecule is CC1C(O)[C@H](O[C@@H]2OC(CO)[C@H](O)[C@H](O)C2O)[C@H](CO)O[C@H]1O[C@@H]1C(O)[C@H](O)C(CO)O[C@@H]1OCC(O[C@H](CO)O[C@@H]1C(CO)O[C@@H](O[C@@H]2C(CO)O[C@@H](C)[C@@H](C)C2O)[C@@H](C)C1O)[C@@H](O)[C@@H](C)O[C@H]1O[C@H](CO)[C@@H](O)C(O)C1O[C@@H]1OC(CO)[C@@H](O[C@@H]2OC(CO)[C@H](O)C(O[C@]3(C(=O)O)C[C@@H](O)[C@@H](N)C([C@@H](O)[C@H](O)CO)O3)[C@@H]2O)C(O)[C@@H]1C. The highest BCUT2D eigenvalue weighted by atomic mass is 16.8. The number of carboxylic acids is 1. The summed E-state index contributed by atoms with van der Waals surface area (Å²) in [6, 6.07) is -1.64. The van der Waals surface area contributed by atoms with Crippen LogP contribution in [0.2, 0.25) is 0 Å². The van der Waals surface area contributed by atoms with E-state index in [2.05, 4.69) is 0 Å². The van der Waals surface area contributed by atoms with Crippen LogP contribution >= 0.6 is 0 Å². The number of hydrogen-bond donors (Lipinski definition) is 29. The molecule has 9 fully saturated rings. The Balaban J connectivity index is 0.966. The van der Waals surface area contributed by atoms with E-state index in [9.17, 15) is 148 Å². The zero-order chi connectivity index (χ0) is 87.3. The highest BCUT2D eigenvalue weighted by Gasteiger charge is 2.62. The van der Waals surface area contributed by atoms with Crippen molar-refractivity contribution in [1.29, 1.82) is 0 Å². The number of aliphatic hydroxyl groups excluding tert-OH is 27. The van der Waals surface area contributed by atoms with Crippen molar-refractivity contribution in [3.63, 3.8) is 0 Å². The lowest BCUT2D eigenvalue weighted by Crippen LogP contribution is -2.70. The van der Waals surface area contributed by atoms with E-state index < -0.39 is 391 Å². The van der Waals surface area contributed by atoms with Crippen LogP contribution in [0.15, 0.2) is 0 Å². The molecule has 690 valence electrons. The van der Waals surface area contributed by atoms with Gasteiger partial charge in [0.05, 0.1) is 121 Å². The van der Waals surface area contributed by atoms with Crippen LogP contribution < -0.4 is 5.73 Å². The summed E-state index contributed by atoms with van der Waals surface area (Å²) < 4.78 is 113. The van der Waals surface area contributed by atoms with Crippen LogP contribution in [0, 0.1) is 23.7 Å². The Kier molecular flexibility index (Phi) is 36.5. The fourth-order valence-electron chi connectivity index (χ4n) is 15.6. The second-order valence-corrected chi connectivity index (χ2v) is 31.3. The van der Waals surface area contributed by atoms with Gasteiger partial charge in [0.15, 0.2) is 50.3 Å². The van der Waals surface area contributed by atoms with Crippen LogP contribution in [-0.4, -0.2) is 504 Å². The molecule has 9 saturated heterocycles. The molecule has 9 rings (SSSR count). The maximum absolute atomic E-state index is 13.0. The molecule has 49 heteroatoms. The minimum absolute atomic E-state index is 0.533. The van der Waals surface area contributed by atoms with E-state index in [1.807, 2.05) is 0 Å². The fourth-order valence-corrected chi connectivity index (χ4v) is 15.6. The molecule has 50 atom stereocenters. The summed E-state index contributed by atoms with van der Waals surface area (Å²) in [6.45, 7) is -2.67. The third kappa shape index (κ3) is 21.4. The number of carbonyl (C=O) groups is 1. The molecule has 118 heavy (non-hydrogen) atoms. The first-order chi connectivity index (χ1) is 55.8. The second-order valence-electron chi connectivity index (χ2n) is 31.3. The van der Waals surface area contributed by atoms with Gasteiger partial charge >= 0.3 is 5.97 Å². The van der Waals surface area contributed by atoms with Crippen molar-refractivity contribution in [3.05, 3.63) is 0 Å². The Morgan fingerprint density at radius 2 is 0.788 bits per heavy atom. The molecule has 0 aliphatic carbocycles. The van der Waals surface area contributed by atoms with Gasteiger partial charge in [-0.3, -0.25) is 0 Å². The Morgan fingerprint density at radius 1 is 0.407 bits per heavy atom. The summed E-state index contributed by atoms with van der Waals surface area (Å²) in [5.41, 5.74) is 6.00. The predicted molar refractivity (Wildman–Crippen MR) is 372 cm³/mol. The number of aliphatic carboxylic acids is 1. The quantitative estimate of drug-likeness (QED) is 0.0259. The molecule has 0 bridgehead atoms. The number of aliphatic hydroxyl groups is 27. The standard InChI is InChI=1S/C69H121NO48/c1-19-23(5)101-31(13-76)54(38(19)83)112-61-20(2)39(84)53(32(14-77)108-61)111-36(17-80)103-35(18-100-66-59(49(94)45(90)28(10-73)106-66)115-62-21(3)40(85)55(33(15-78)109-62)113-64-51(96)48(93)44(89)27(9-72)104-64)42(87)24(6)102-67-60(50(95)46(91)29(11-74)107-67)116-63-22(4)41(86)56(34(16-79)110-63)114-65-52(97)58(47(92)30(12-75)105-65)118-69(68(98)99)7-25(81)37(70)57(117-69)43(88)26(82)8-71/h19-67,71-97H,7-18,70H2,1-6H3,(H,98,99)/t19-,20+,21?,22+,23+,24-,25-,26-,27?,28?,29-,30?,31?,32?,33+,34?,35?,36+,37-,38?,39?,40?,41?,42+,43+,44+,45-,46-,47+,48+,49?,50?,51?,52+,53-,54-,55-,56-,57?,58?,59-,60?,61+,62+,63+,64+,65+,66+,67+,69+/m1/s1. The highest BCUT2D eigenvalue weighted by molar-refractivity contribution is 5.76. The Hall–Kier alpha value is -2.41. The van der Waals surface area contributed by atoms with Gasteiger partial charge in [-0.15, -0.1) is 0 Å². The van der Waals surface area contributed by atoms with Gasteiger partial charge in [0.2, 0.25) is 0 Å². The molecule has 0 radical (unpaired) electrons. The molecular weight excluding hydrogens is 1610 g/mol. The van der Waals surface area contributed by atoms with E-state index in [0.717, 1.165) is 6.92 Å². The fraction of sp³-hybridized carbons (Fsp3) is 0.986. The van der Waals surface area contributed by atoms with E-state index in [-0.39, 0.29) is 0 Å². The maximum Gasteiger partial charge on any atom is 0.364 e. The lowest BCUT2D eigenvalue weighted by molar-refractivity contribution is -0.393. The molecule has 0 aromatic carbocycles. The third-order valence-corrected chi connectivity index (χ3v) is 23.4. The molecule has 0 aromatic rings. The van der Waals surface area contributed by atoms with Crippen molar-refractivity contribution >= 4 is 5.97 Å². The minimum Gasteiger partial charge on any atom is -0.477 e. The topological polar surface area (TPSA) is 785 Å². The van der Waals surface area contributed by atoms with Crippen LogP contribution in [0.4, 0.5) is 0 Å². The van der Waals surface area contributed by atoms with Crippen LogP contribution in [0.25, 0.3) is 0 Å². The largest absolute Gasteiger partial charge is 0.477 e. The van der Waals surface area contributed by atoms with Gasteiger partial charge in [-0.25, -0.2) is 4.79 Å². The lowest BCUT2D eigenvalue weighted by atomic mass is 9.88. The zero-order valence-electron chi connectivity index (χ0n) is 65.0. The Bertz CT molecular complexity index is 2990. The van der Waals surface area contributed by atoms with Gasteiger partial charge in [0.1, 0.15) is 177 Å². The van der Waals surface area contributed by atoms with Crippen LogP contribution in [0.3, 0.4) is 0 Å². The summed E-state index contributed by atoms with van der Waals surface area (Å²) in [5, 5.41) is 308. The number of carboxylic acid groups (broad SMARTS) is 1. The molecule has 9 aliphatic heterocycles. The van der Waals surface area contributed by atoms with Gasteiger partial charge < -0.3 is 239 Å². The number of ether oxygens (including phenoxy) is 19. The lowest BCUT2D eigenvalue weighted by Gasteiger charge is -2.50. The second kappa shape index (κ2) is 43.4. The van der Waals surface area contributed by atoms with Crippen LogP contribution in [0.5, 0.6) is 0 Å². The van der Waals surface area contributed by atoms with Crippen molar-refractivity contribution in [1.82, 2.24) is 0 Å². The van der Waals surface area contributed by atoms with Crippen LogP contribution in [0.1, 0.15) is 48.0 Å². The van der Waals surface area contributed by atoms with E-state index in [0.29, 0.717) is 0 Å². The first-order valence-corrected chi connectivity index (χ1v) is 38.9. The van der Waals surface area contributed by atoms with E-state index in [1.54, 1.807) is 13.8 Å². The normalized spacial score (nSPS) is 48.9. The first-order valence-electron chi connectivity index (χ1n) is 38.9. The molecule has 0 aromatic heterocycles. The average Bonchev–Trinajstić information content (AvgIpc) is 0.751. The molecule has 0 spiro atoms. The summed E-state index contributed by atoms with van der Waals surface area (Å²) in [7, 11) is 0. The van der Waals surface area contributed by atoms with Crippen molar-refractivity contribution in [3.8, 4) is 0 Å². The van der Waals surface area contributed by atoms with Gasteiger partial charge in [0, 0.05) is 30.1 Å². The van der Waals surface area contributed by atoms with Crippen LogP contribution in [-0.2, 0) is 94.8 Å². The van der Waals surface area contributed by atoms with Gasteiger partial charge in [-0.1, -0.05) is 27.7 Å². The predicted octanol–water partition coefficient (Wildman–Crippen LogP) is -16.8. The Morgan fingerprint density at radius 3 is 1.25 bits per heavy atom. The van der Waals surface area contributed by atoms with E-state index in [4.69, 9.17) is 95.7 Å². The summed E-state index contributed by atoms with van der Waals surface area (Å²) in [5.74, 6) is -9.64. The first kappa shape index (κ1) is 99.4. The molecule has 18 unspecified atom stereocenters. The van der Waals surface area contributed by atoms with E-state index in [1.165, 1.54) is 20.8 Å². The molecule has 0 amide bonds. The van der Waals surface area contributed by atoms with Crippen molar-refractivity contribution in [2.24, 2.45) is 29.4 Å². The number of rotatable bonds is 36. The summed E-state index contributed by atoms with van der Waals surface area (Å²) >= 11 is 0. The summed E-state index contributed by atoms with van der Waals surface area (Å²) in [6.07, 6.45) is -82.4. The summed E-state index contributed by atoms with van der Waals surface area (Å²) in [4.78, 5) is 13.0. The maximum atomic E-state index is 13.0. The molecule has 9 aliphatic rings. The zero-order valence-corrected chi connectivity index (χ0v) is 65.0. The average molecular weight is 1730 g/mol. The number of nitrogens with two attached hydrogens (primary N) is 1. The molecular formula is C69H121NO48. The minimum atomic E-state index is -3.14. The van der Waals surface area contributed by atoms with Crippen molar-refractivity contribution in [2.45, 2.75) is 330 Å². The molecule has 30 N–H and O–H groups in total. The molecule has 0 saturated carbocycles.